The summed E-state index contributed by atoms with van der Waals surface area (Å²) >= 11 is 0. The molecule has 3 N–H and O–H groups in total. The first-order valence-electron chi connectivity index (χ1n) is 6.43. The minimum absolute atomic E-state index is 0.0225. The Hall–Kier alpha value is -3.10. The van der Waals surface area contributed by atoms with Gasteiger partial charge in [-0.2, -0.15) is 18.3 Å². The quantitative estimate of drug-likeness (QED) is 0.760. The van der Waals surface area contributed by atoms with E-state index in [0.29, 0.717) is 0 Å². The smallest absolute Gasteiger partial charge is 0.384 e. The second kappa shape index (κ2) is 5.27. The fourth-order valence-corrected chi connectivity index (χ4v) is 2.07. The summed E-state index contributed by atoms with van der Waals surface area (Å²) in [5.41, 5.74) is 4.46. The number of fused-ring (bicyclic) bond motifs is 1. The number of carbonyl (C=O) groups is 1. The van der Waals surface area contributed by atoms with Gasteiger partial charge in [0.05, 0.1) is 17.4 Å². The summed E-state index contributed by atoms with van der Waals surface area (Å²) in [4.78, 5) is 16.2. The van der Waals surface area contributed by atoms with E-state index in [4.69, 9.17) is 5.73 Å². The molecule has 2 heterocycles. The average Bonchev–Trinajstić information content (AvgIpc) is 2.89. The number of hydrogen-bond acceptors (Lipinski definition) is 4. The summed E-state index contributed by atoms with van der Waals surface area (Å²) in [6.07, 6.45) is -1.86. The number of amides is 1. The van der Waals surface area contributed by atoms with Gasteiger partial charge in [-0.3, -0.25) is 4.79 Å². The fraction of sp³-hybridized carbons (Fsp3) is 0.0714. The molecular formula is C14H10F3N5O. The van der Waals surface area contributed by atoms with Crippen molar-refractivity contribution < 1.29 is 18.0 Å². The van der Waals surface area contributed by atoms with Crippen molar-refractivity contribution >= 4 is 23.1 Å². The van der Waals surface area contributed by atoms with Crippen molar-refractivity contribution in [3.63, 3.8) is 0 Å². The third-order valence-electron chi connectivity index (χ3n) is 3.12. The summed E-state index contributed by atoms with van der Waals surface area (Å²) in [6, 6.07) is 6.20. The Morgan fingerprint density at radius 1 is 1.22 bits per heavy atom. The number of nitrogens with zero attached hydrogens (tertiary/aromatic N) is 3. The number of anilines is 2. The topological polar surface area (TPSA) is 85.3 Å². The molecule has 0 radical (unpaired) electrons. The number of nitrogens with two attached hydrogens (primary N) is 1. The van der Waals surface area contributed by atoms with Gasteiger partial charge in [0.2, 0.25) is 0 Å². The molecule has 9 heteroatoms. The van der Waals surface area contributed by atoms with Crippen molar-refractivity contribution in [2.75, 3.05) is 11.1 Å². The lowest BCUT2D eigenvalue weighted by Crippen LogP contribution is -2.16. The Morgan fingerprint density at radius 2 is 1.96 bits per heavy atom. The highest BCUT2D eigenvalue weighted by molar-refractivity contribution is 6.08. The van der Waals surface area contributed by atoms with Crippen molar-refractivity contribution in [3.8, 4) is 0 Å². The minimum atomic E-state index is -4.58. The predicted octanol–water partition coefficient (Wildman–Crippen LogP) is 2.58. The van der Waals surface area contributed by atoms with Crippen LogP contribution >= 0.6 is 0 Å². The van der Waals surface area contributed by atoms with Crippen LogP contribution in [0.2, 0.25) is 0 Å². The number of hydrogen-bond donors (Lipinski definition) is 2. The Morgan fingerprint density at radius 3 is 2.70 bits per heavy atom. The molecule has 0 spiro atoms. The van der Waals surface area contributed by atoms with Gasteiger partial charge in [-0.1, -0.05) is 12.1 Å². The van der Waals surface area contributed by atoms with Crippen LogP contribution in [0.5, 0.6) is 0 Å². The van der Waals surface area contributed by atoms with Gasteiger partial charge in [0.25, 0.3) is 5.91 Å². The Labute approximate surface area is 127 Å². The predicted molar refractivity (Wildman–Crippen MR) is 76.8 cm³/mol. The van der Waals surface area contributed by atoms with Crippen LogP contribution in [0.15, 0.2) is 42.7 Å². The lowest BCUT2D eigenvalue weighted by molar-refractivity contribution is -0.136. The van der Waals surface area contributed by atoms with E-state index in [1.807, 2.05) is 0 Å². The van der Waals surface area contributed by atoms with Gasteiger partial charge < -0.3 is 11.1 Å². The number of carbonyl (C=O) groups excluding carboxylic acids is 1. The average molecular weight is 321 g/mol. The van der Waals surface area contributed by atoms with Crippen molar-refractivity contribution in [2.45, 2.75) is 6.18 Å². The first kappa shape index (κ1) is 14.8. The Bertz CT molecular complexity index is 887. The molecule has 0 bridgehead atoms. The maximum Gasteiger partial charge on any atom is 0.418 e. The van der Waals surface area contributed by atoms with Gasteiger partial charge >= 0.3 is 6.18 Å². The van der Waals surface area contributed by atoms with E-state index < -0.39 is 17.6 Å². The number of rotatable bonds is 2. The Kier molecular flexibility index (Phi) is 3.40. The van der Waals surface area contributed by atoms with Crippen LogP contribution in [0.25, 0.3) is 5.65 Å². The molecule has 0 fully saturated rings. The van der Waals surface area contributed by atoms with Crippen LogP contribution in [-0.4, -0.2) is 20.5 Å². The van der Waals surface area contributed by atoms with E-state index in [0.717, 1.165) is 6.07 Å². The van der Waals surface area contributed by atoms with Gasteiger partial charge in [0.15, 0.2) is 5.65 Å². The number of nitrogen functional groups attached to an aromatic ring is 1. The molecule has 1 amide bonds. The normalized spacial score (nSPS) is 11.6. The number of alkyl halides is 3. The van der Waals surface area contributed by atoms with Gasteiger partial charge in [0.1, 0.15) is 11.4 Å². The molecule has 23 heavy (non-hydrogen) atoms. The van der Waals surface area contributed by atoms with Crippen LogP contribution < -0.4 is 11.1 Å². The first-order valence-corrected chi connectivity index (χ1v) is 6.43. The number of halogens is 3. The number of nitrogens with one attached hydrogen (secondary N) is 1. The molecule has 0 aliphatic carbocycles. The highest BCUT2D eigenvalue weighted by Crippen LogP contribution is 2.34. The molecule has 0 atom stereocenters. The molecule has 1 aromatic carbocycles. The maximum atomic E-state index is 13.0. The van der Waals surface area contributed by atoms with Gasteiger partial charge in [-0.05, 0) is 18.2 Å². The zero-order valence-electron chi connectivity index (χ0n) is 11.5. The number of para-hydroxylation sites is 1. The second-order valence-electron chi connectivity index (χ2n) is 4.68. The molecule has 2 aromatic heterocycles. The third kappa shape index (κ3) is 2.80. The summed E-state index contributed by atoms with van der Waals surface area (Å²) in [5.74, 6) is -0.586. The summed E-state index contributed by atoms with van der Waals surface area (Å²) < 4.78 is 40.2. The number of aromatic nitrogens is 3. The molecule has 0 aliphatic rings. The van der Waals surface area contributed by atoms with E-state index in [-0.39, 0.29) is 22.7 Å². The van der Waals surface area contributed by atoms with E-state index in [1.54, 1.807) is 0 Å². The van der Waals surface area contributed by atoms with Crippen molar-refractivity contribution in [1.82, 2.24) is 14.6 Å². The van der Waals surface area contributed by atoms with Crippen LogP contribution in [0.3, 0.4) is 0 Å². The van der Waals surface area contributed by atoms with E-state index in [1.165, 1.54) is 41.2 Å². The zero-order chi connectivity index (χ0) is 16.6. The van der Waals surface area contributed by atoms with E-state index >= 15 is 0 Å². The molecule has 3 aromatic rings. The molecule has 6 nitrogen and oxygen atoms in total. The SMILES string of the molecule is Nc1ccn2ncc(C(=O)Nc3ccccc3C(F)(F)F)c2n1. The summed E-state index contributed by atoms with van der Waals surface area (Å²) in [6.45, 7) is 0. The summed E-state index contributed by atoms with van der Waals surface area (Å²) in [5, 5.41) is 6.15. The van der Waals surface area contributed by atoms with Crippen molar-refractivity contribution in [1.29, 1.82) is 0 Å². The lowest BCUT2D eigenvalue weighted by atomic mass is 10.1. The molecule has 0 unspecified atom stereocenters. The van der Waals surface area contributed by atoms with Gasteiger partial charge in [-0.15, -0.1) is 0 Å². The monoisotopic (exact) mass is 321 g/mol. The Balaban J connectivity index is 1.98. The maximum absolute atomic E-state index is 13.0. The molecular weight excluding hydrogens is 311 g/mol. The minimum Gasteiger partial charge on any atom is -0.384 e. The van der Waals surface area contributed by atoms with Gasteiger partial charge in [-0.25, -0.2) is 9.50 Å². The molecule has 0 aliphatic heterocycles. The highest BCUT2D eigenvalue weighted by atomic mass is 19.4. The largest absolute Gasteiger partial charge is 0.418 e. The van der Waals surface area contributed by atoms with E-state index in [9.17, 15) is 18.0 Å². The van der Waals surface area contributed by atoms with Crippen LogP contribution in [0.1, 0.15) is 15.9 Å². The molecule has 0 saturated heterocycles. The highest BCUT2D eigenvalue weighted by Gasteiger charge is 2.33. The van der Waals surface area contributed by atoms with E-state index in [2.05, 4.69) is 15.4 Å². The zero-order valence-corrected chi connectivity index (χ0v) is 11.5. The molecule has 0 saturated carbocycles. The molecule has 3 rings (SSSR count). The first-order chi connectivity index (χ1) is 10.9. The van der Waals surface area contributed by atoms with Crippen LogP contribution in [-0.2, 0) is 6.18 Å². The van der Waals surface area contributed by atoms with Gasteiger partial charge in [0, 0.05) is 6.20 Å². The van der Waals surface area contributed by atoms with Crippen LogP contribution in [0.4, 0.5) is 24.7 Å². The van der Waals surface area contributed by atoms with Crippen molar-refractivity contribution in [3.05, 3.63) is 53.9 Å². The standard InChI is InChI=1S/C14H10F3N5O/c15-14(16,17)9-3-1-2-4-10(9)20-13(23)8-7-19-22-6-5-11(18)21-12(8)22/h1-7H,(H2,18,21)(H,20,23). The lowest BCUT2D eigenvalue weighted by Gasteiger charge is -2.13. The molecule has 118 valence electrons. The number of benzene rings is 1. The second-order valence-corrected chi connectivity index (χ2v) is 4.68. The third-order valence-corrected chi connectivity index (χ3v) is 3.12. The fourth-order valence-electron chi connectivity index (χ4n) is 2.07. The van der Waals surface area contributed by atoms with Crippen LogP contribution in [0, 0.1) is 0 Å². The summed E-state index contributed by atoms with van der Waals surface area (Å²) in [7, 11) is 0. The van der Waals surface area contributed by atoms with Crippen molar-refractivity contribution in [2.24, 2.45) is 0 Å².